The van der Waals surface area contributed by atoms with E-state index in [1.807, 2.05) is 6.92 Å². The number of ether oxygens (including phenoxy) is 1. The third-order valence-corrected chi connectivity index (χ3v) is 3.48. The molecule has 7 heteroatoms. The minimum Gasteiger partial charge on any atom is -0.450 e. The Balaban J connectivity index is 2.11. The van der Waals surface area contributed by atoms with E-state index in [0.717, 1.165) is 24.1 Å². The van der Waals surface area contributed by atoms with E-state index >= 15 is 0 Å². The molecule has 0 atom stereocenters. The van der Waals surface area contributed by atoms with Crippen molar-refractivity contribution in [2.24, 2.45) is 0 Å². The predicted molar refractivity (Wildman–Crippen MR) is 92.4 cm³/mol. The molecule has 0 aliphatic rings. The van der Waals surface area contributed by atoms with Crippen LogP contribution in [-0.4, -0.2) is 28.8 Å². The van der Waals surface area contributed by atoms with Gasteiger partial charge in [-0.1, -0.05) is 19.4 Å². The topological polar surface area (TPSA) is 96.1 Å². The lowest BCUT2D eigenvalue weighted by Crippen LogP contribution is -2.16. The number of amides is 2. The van der Waals surface area contributed by atoms with Gasteiger partial charge in [-0.2, -0.15) is 5.10 Å². The van der Waals surface area contributed by atoms with Crippen LogP contribution >= 0.6 is 0 Å². The number of carbonyl (C=O) groups excluding carboxylic acids is 2. The van der Waals surface area contributed by atoms with Crippen LogP contribution < -0.4 is 10.6 Å². The zero-order valence-corrected chi connectivity index (χ0v) is 14.1. The zero-order chi connectivity index (χ0) is 17.5. The number of aromatic nitrogens is 2. The van der Waals surface area contributed by atoms with Crippen LogP contribution in [0.3, 0.4) is 0 Å². The Morgan fingerprint density at radius 2 is 1.92 bits per heavy atom. The SMILES string of the molecule is CCCc1cc(C(=O)Nc2cccc(NC(=O)OCC)c2C)n[nH]1. The number of aryl methyl sites for hydroxylation is 1. The molecule has 0 aliphatic heterocycles. The molecule has 0 radical (unpaired) electrons. The van der Waals surface area contributed by atoms with E-state index in [9.17, 15) is 9.59 Å². The van der Waals surface area contributed by atoms with Gasteiger partial charge >= 0.3 is 6.09 Å². The maximum absolute atomic E-state index is 12.3. The number of hydrogen-bond donors (Lipinski definition) is 3. The molecule has 128 valence electrons. The van der Waals surface area contributed by atoms with E-state index in [1.54, 1.807) is 31.2 Å². The number of rotatable bonds is 6. The molecule has 7 nitrogen and oxygen atoms in total. The highest BCUT2D eigenvalue weighted by Gasteiger charge is 2.14. The van der Waals surface area contributed by atoms with Crippen molar-refractivity contribution in [1.29, 1.82) is 0 Å². The van der Waals surface area contributed by atoms with Crippen molar-refractivity contribution in [2.75, 3.05) is 17.2 Å². The van der Waals surface area contributed by atoms with Crippen molar-refractivity contribution in [3.63, 3.8) is 0 Å². The van der Waals surface area contributed by atoms with Crippen LogP contribution in [0.4, 0.5) is 16.2 Å². The van der Waals surface area contributed by atoms with Crippen molar-refractivity contribution in [1.82, 2.24) is 10.2 Å². The Labute approximate surface area is 140 Å². The number of aromatic amines is 1. The fraction of sp³-hybridized carbons (Fsp3) is 0.353. The van der Waals surface area contributed by atoms with E-state index < -0.39 is 6.09 Å². The highest BCUT2D eigenvalue weighted by Crippen LogP contribution is 2.24. The molecule has 0 saturated carbocycles. The van der Waals surface area contributed by atoms with E-state index in [2.05, 4.69) is 27.8 Å². The summed E-state index contributed by atoms with van der Waals surface area (Å²) in [5.74, 6) is -0.301. The lowest BCUT2D eigenvalue weighted by atomic mass is 10.1. The van der Waals surface area contributed by atoms with E-state index in [-0.39, 0.29) is 5.91 Å². The van der Waals surface area contributed by atoms with E-state index in [1.165, 1.54) is 0 Å². The summed E-state index contributed by atoms with van der Waals surface area (Å²) in [7, 11) is 0. The number of carbonyl (C=O) groups is 2. The molecule has 1 aromatic heterocycles. The van der Waals surface area contributed by atoms with Crippen molar-refractivity contribution >= 4 is 23.4 Å². The highest BCUT2D eigenvalue weighted by atomic mass is 16.5. The maximum Gasteiger partial charge on any atom is 0.411 e. The molecule has 24 heavy (non-hydrogen) atoms. The summed E-state index contributed by atoms with van der Waals surface area (Å²) in [6, 6.07) is 7.01. The second-order valence-corrected chi connectivity index (χ2v) is 5.31. The normalized spacial score (nSPS) is 10.3. The second kappa shape index (κ2) is 8.14. The van der Waals surface area contributed by atoms with Gasteiger partial charge in [0.2, 0.25) is 0 Å². The average Bonchev–Trinajstić information content (AvgIpc) is 3.00. The highest BCUT2D eigenvalue weighted by molar-refractivity contribution is 6.04. The second-order valence-electron chi connectivity index (χ2n) is 5.31. The quantitative estimate of drug-likeness (QED) is 0.755. The fourth-order valence-corrected chi connectivity index (χ4v) is 2.25. The summed E-state index contributed by atoms with van der Waals surface area (Å²) in [5.41, 5.74) is 3.19. The number of hydrogen-bond acceptors (Lipinski definition) is 4. The largest absolute Gasteiger partial charge is 0.450 e. The minimum atomic E-state index is -0.527. The first-order chi connectivity index (χ1) is 11.5. The van der Waals surface area contributed by atoms with Crippen LogP contribution in [0, 0.1) is 6.92 Å². The molecule has 0 spiro atoms. The summed E-state index contributed by atoms with van der Waals surface area (Å²) in [4.78, 5) is 23.9. The molecule has 0 saturated heterocycles. The molecule has 2 amide bonds. The summed E-state index contributed by atoms with van der Waals surface area (Å²) in [6.45, 7) is 5.90. The van der Waals surface area contributed by atoms with Gasteiger partial charge in [-0.15, -0.1) is 0 Å². The van der Waals surface area contributed by atoms with Crippen LogP contribution in [0.1, 0.15) is 42.0 Å². The van der Waals surface area contributed by atoms with Crippen molar-refractivity contribution < 1.29 is 14.3 Å². The number of H-pyrrole nitrogens is 1. The molecule has 0 fully saturated rings. The summed E-state index contributed by atoms with van der Waals surface area (Å²) in [6.07, 6.45) is 1.29. The Morgan fingerprint density at radius 1 is 1.21 bits per heavy atom. The third kappa shape index (κ3) is 4.34. The van der Waals surface area contributed by atoms with Gasteiger partial charge in [-0.25, -0.2) is 4.79 Å². The molecule has 1 heterocycles. The van der Waals surface area contributed by atoms with Crippen molar-refractivity contribution in [3.05, 3.63) is 41.2 Å². The van der Waals surface area contributed by atoms with Gasteiger partial charge in [0.25, 0.3) is 5.91 Å². The number of nitrogens with one attached hydrogen (secondary N) is 3. The van der Waals surface area contributed by atoms with Gasteiger partial charge < -0.3 is 10.1 Å². The average molecular weight is 330 g/mol. The summed E-state index contributed by atoms with van der Waals surface area (Å²) >= 11 is 0. The van der Waals surface area contributed by atoms with Gasteiger partial charge in [-0.05, 0) is 44.0 Å². The molecule has 0 aliphatic carbocycles. The van der Waals surface area contributed by atoms with Crippen molar-refractivity contribution in [2.45, 2.75) is 33.6 Å². The van der Waals surface area contributed by atoms with Gasteiger partial charge in [0.15, 0.2) is 5.69 Å². The van der Waals surface area contributed by atoms with Gasteiger partial charge in [0.1, 0.15) is 0 Å². The Morgan fingerprint density at radius 3 is 2.58 bits per heavy atom. The van der Waals surface area contributed by atoms with Gasteiger partial charge in [-0.3, -0.25) is 15.2 Å². The van der Waals surface area contributed by atoms with Gasteiger partial charge in [0, 0.05) is 17.1 Å². The van der Waals surface area contributed by atoms with Crippen molar-refractivity contribution in [3.8, 4) is 0 Å². The Hall–Kier alpha value is -2.83. The first-order valence-corrected chi connectivity index (χ1v) is 7.94. The minimum absolute atomic E-state index is 0.292. The zero-order valence-electron chi connectivity index (χ0n) is 14.1. The lowest BCUT2D eigenvalue weighted by Gasteiger charge is -2.12. The monoisotopic (exact) mass is 330 g/mol. The first-order valence-electron chi connectivity index (χ1n) is 7.94. The predicted octanol–water partition coefficient (Wildman–Crippen LogP) is 3.49. The maximum atomic E-state index is 12.3. The summed E-state index contributed by atoms with van der Waals surface area (Å²) < 4.78 is 4.87. The first kappa shape index (κ1) is 17.5. The van der Waals surface area contributed by atoms with Crippen LogP contribution in [0.25, 0.3) is 0 Å². The van der Waals surface area contributed by atoms with Crippen LogP contribution in [-0.2, 0) is 11.2 Å². The Bertz CT molecular complexity index is 724. The molecular formula is C17H22N4O3. The van der Waals surface area contributed by atoms with Crippen LogP contribution in [0.2, 0.25) is 0 Å². The number of nitrogens with zero attached hydrogens (tertiary/aromatic N) is 1. The molecule has 2 aromatic rings. The Kier molecular flexibility index (Phi) is 5.95. The molecule has 0 bridgehead atoms. The van der Waals surface area contributed by atoms with Crippen LogP contribution in [0.15, 0.2) is 24.3 Å². The van der Waals surface area contributed by atoms with Crippen LogP contribution in [0.5, 0.6) is 0 Å². The lowest BCUT2D eigenvalue weighted by molar-refractivity contribution is 0.102. The van der Waals surface area contributed by atoms with Gasteiger partial charge in [0.05, 0.1) is 6.61 Å². The third-order valence-electron chi connectivity index (χ3n) is 3.48. The van der Waals surface area contributed by atoms with E-state index in [4.69, 9.17) is 4.74 Å². The molecular weight excluding hydrogens is 308 g/mol. The molecule has 0 unspecified atom stereocenters. The number of benzene rings is 1. The molecule has 3 N–H and O–H groups in total. The molecule has 1 aromatic carbocycles. The fourth-order valence-electron chi connectivity index (χ4n) is 2.25. The number of anilines is 2. The molecule has 2 rings (SSSR count). The standard InChI is InChI=1S/C17H22N4O3/c1-4-7-12-10-15(21-20-12)16(22)18-13-8-6-9-14(11(13)3)19-17(23)24-5-2/h6,8-10H,4-5,7H2,1-3H3,(H,18,22)(H,19,23)(H,20,21). The summed E-state index contributed by atoms with van der Waals surface area (Å²) in [5, 5.41) is 12.3. The van der Waals surface area contributed by atoms with E-state index in [0.29, 0.717) is 23.7 Å². The smallest absolute Gasteiger partial charge is 0.411 e.